The van der Waals surface area contributed by atoms with E-state index in [1.807, 2.05) is 61.5 Å². The maximum Gasteiger partial charge on any atom is 0.290 e. The molecule has 7 heteroatoms. The number of amides is 2. The fraction of sp³-hybridized carbons (Fsp3) is 0.174. The highest BCUT2D eigenvalue weighted by molar-refractivity contribution is 8.18. The molecule has 1 N–H and O–H groups in total. The number of carbonyl (C=O) groups excluding carboxylic acids is 2. The molecule has 0 saturated carbocycles. The third-order valence-electron chi connectivity index (χ3n) is 4.56. The van der Waals surface area contributed by atoms with E-state index in [0.717, 1.165) is 52.9 Å². The van der Waals surface area contributed by atoms with Crippen molar-refractivity contribution in [3.05, 3.63) is 76.5 Å². The first-order valence-electron chi connectivity index (χ1n) is 9.58. The van der Waals surface area contributed by atoms with Crippen LogP contribution in [0.15, 0.2) is 68.8 Å². The third kappa shape index (κ3) is 5.04. The molecule has 1 fully saturated rings. The van der Waals surface area contributed by atoms with E-state index in [4.69, 9.17) is 4.42 Å². The zero-order valence-electron chi connectivity index (χ0n) is 16.4. The number of hydrogen-bond donors (Lipinski definition) is 1. The summed E-state index contributed by atoms with van der Waals surface area (Å²) < 4.78 is 5.82. The lowest BCUT2D eigenvalue weighted by Gasteiger charge is -2.02. The normalized spacial score (nSPS) is 15.0. The van der Waals surface area contributed by atoms with E-state index in [-0.39, 0.29) is 11.1 Å². The largest absolute Gasteiger partial charge is 0.441 e. The van der Waals surface area contributed by atoms with E-state index in [1.54, 1.807) is 17.8 Å². The van der Waals surface area contributed by atoms with Crippen molar-refractivity contribution in [2.75, 3.05) is 5.75 Å². The van der Waals surface area contributed by atoms with E-state index in [0.29, 0.717) is 10.8 Å². The lowest BCUT2D eigenvalue weighted by atomic mass is 10.2. The maximum absolute atomic E-state index is 11.6. The second kappa shape index (κ2) is 9.36. The highest BCUT2D eigenvalue weighted by Crippen LogP contribution is 2.27. The van der Waals surface area contributed by atoms with E-state index in [2.05, 4.69) is 10.3 Å². The van der Waals surface area contributed by atoms with Gasteiger partial charge < -0.3 is 4.42 Å². The predicted molar refractivity (Wildman–Crippen MR) is 121 cm³/mol. The molecule has 4 rings (SSSR count). The summed E-state index contributed by atoms with van der Waals surface area (Å²) in [6.07, 6.45) is 3.60. The lowest BCUT2D eigenvalue weighted by Crippen LogP contribution is -2.17. The van der Waals surface area contributed by atoms with Gasteiger partial charge >= 0.3 is 0 Å². The molecule has 0 radical (unpaired) electrons. The van der Waals surface area contributed by atoms with E-state index < -0.39 is 0 Å². The minimum absolute atomic E-state index is 0.323. The Labute approximate surface area is 183 Å². The number of hydrogen-bond acceptors (Lipinski definition) is 6. The molecule has 1 aliphatic rings. The standard InChI is InChI=1S/C23H20N2O3S2/c1-15-19(24-22(28-15)17-6-3-2-4-7-17)8-5-13-29-18-11-9-16(10-12-18)14-20-21(26)25-23(27)30-20/h2-4,6-7,9-12,14H,5,8,13H2,1H3,(H,25,26,27)/b20-14-. The van der Waals surface area contributed by atoms with Crippen molar-refractivity contribution in [1.29, 1.82) is 0 Å². The van der Waals surface area contributed by atoms with E-state index in [9.17, 15) is 9.59 Å². The summed E-state index contributed by atoms with van der Waals surface area (Å²) in [7, 11) is 0. The molecule has 2 heterocycles. The summed E-state index contributed by atoms with van der Waals surface area (Å²) in [5.74, 6) is 2.20. The second-order valence-electron chi connectivity index (χ2n) is 6.76. The Kier molecular flexibility index (Phi) is 6.40. The van der Waals surface area contributed by atoms with Crippen LogP contribution in [0.3, 0.4) is 0 Å². The number of nitrogens with zero attached hydrogens (tertiary/aromatic N) is 1. The Morgan fingerprint density at radius 2 is 1.87 bits per heavy atom. The summed E-state index contributed by atoms with van der Waals surface area (Å²) in [5.41, 5.74) is 2.91. The van der Waals surface area contributed by atoms with Crippen LogP contribution in [0.1, 0.15) is 23.4 Å². The monoisotopic (exact) mass is 436 g/mol. The summed E-state index contributed by atoms with van der Waals surface area (Å²) in [4.78, 5) is 29.1. The molecular formula is C23H20N2O3S2. The Balaban J connectivity index is 1.28. The predicted octanol–water partition coefficient (Wildman–Crippen LogP) is 5.70. The third-order valence-corrected chi connectivity index (χ3v) is 6.47. The van der Waals surface area contributed by atoms with Crippen LogP contribution in [-0.2, 0) is 11.2 Å². The minimum atomic E-state index is -0.331. The first-order valence-corrected chi connectivity index (χ1v) is 11.4. The number of rotatable bonds is 7. The second-order valence-corrected chi connectivity index (χ2v) is 8.94. The molecule has 2 amide bonds. The number of imide groups is 1. The van der Waals surface area contributed by atoms with Gasteiger partial charge in [0.1, 0.15) is 5.76 Å². The van der Waals surface area contributed by atoms with E-state index >= 15 is 0 Å². The molecular weight excluding hydrogens is 416 g/mol. The quantitative estimate of drug-likeness (QED) is 0.291. The van der Waals surface area contributed by atoms with Gasteiger partial charge in [-0.3, -0.25) is 14.9 Å². The topological polar surface area (TPSA) is 72.2 Å². The van der Waals surface area contributed by atoms with Gasteiger partial charge in [0.15, 0.2) is 0 Å². The highest BCUT2D eigenvalue weighted by atomic mass is 32.2. The first-order chi connectivity index (χ1) is 14.6. The number of aryl methyl sites for hydroxylation is 2. The molecule has 30 heavy (non-hydrogen) atoms. The van der Waals surface area contributed by atoms with Gasteiger partial charge in [-0.1, -0.05) is 30.3 Å². The summed E-state index contributed by atoms with van der Waals surface area (Å²) in [6.45, 7) is 1.96. The average molecular weight is 437 g/mol. The van der Waals surface area contributed by atoms with Crippen LogP contribution in [0, 0.1) is 6.92 Å². The van der Waals surface area contributed by atoms with Gasteiger partial charge in [0.25, 0.3) is 11.1 Å². The number of carbonyl (C=O) groups is 2. The molecule has 3 aromatic rings. The molecule has 152 valence electrons. The number of thioether (sulfide) groups is 2. The Hall–Kier alpha value is -2.77. The Morgan fingerprint density at radius 1 is 1.10 bits per heavy atom. The smallest absolute Gasteiger partial charge is 0.290 e. The van der Waals surface area contributed by atoms with Crippen LogP contribution in [0.4, 0.5) is 4.79 Å². The molecule has 0 atom stereocenters. The molecule has 0 spiro atoms. The van der Waals surface area contributed by atoms with Gasteiger partial charge in [-0.25, -0.2) is 4.98 Å². The van der Waals surface area contributed by atoms with E-state index in [1.165, 1.54) is 4.90 Å². The fourth-order valence-electron chi connectivity index (χ4n) is 3.03. The molecule has 0 unspecified atom stereocenters. The van der Waals surface area contributed by atoms with Crippen molar-refractivity contribution in [3.63, 3.8) is 0 Å². The van der Waals surface area contributed by atoms with Crippen molar-refractivity contribution in [3.8, 4) is 11.5 Å². The first kappa shape index (κ1) is 20.5. The van der Waals surface area contributed by atoms with Crippen molar-refractivity contribution in [2.45, 2.75) is 24.7 Å². The molecule has 1 saturated heterocycles. The molecule has 2 aromatic carbocycles. The molecule has 1 aliphatic heterocycles. The van der Waals surface area contributed by atoms with Crippen LogP contribution in [0.5, 0.6) is 0 Å². The van der Waals surface area contributed by atoms with Crippen molar-refractivity contribution in [2.24, 2.45) is 0 Å². The van der Waals surface area contributed by atoms with Crippen LogP contribution in [-0.4, -0.2) is 21.9 Å². The number of aromatic nitrogens is 1. The Morgan fingerprint density at radius 3 is 2.57 bits per heavy atom. The van der Waals surface area contributed by atoms with Gasteiger partial charge in [-0.05, 0) is 73.2 Å². The van der Waals surface area contributed by atoms with Crippen molar-refractivity contribution >= 4 is 40.7 Å². The SMILES string of the molecule is Cc1oc(-c2ccccc2)nc1CCCSc1ccc(/C=C2\SC(=O)NC2=O)cc1. The number of nitrogens with one attached hydrogen (secondary N) is 1. The molecule has 0 aliphatic carbocycles. The van der Waals surface area contributed by atoms with Crippen LogP contribution in [0.2, 0.25) is 0 Å². The number of benzene rings is 2. The maximum atomic E-state index is 11.6. The zero-order chi connectivity index (χ0) is 20.9. The van der Waals surface area contributed by atoms with Crippen LogP contribution < -0.4 is 5.32 Å². The van der Waals surface area contributed by atoms with Crippen molar-refractivity contribution in [1.82, 2.24) is 10.3 Å². The summed E-state index contributed by atoms with van der Waals surface area (Å²) in [6, 6.07) is 17.9. The summed E-state index contributed by atoms with van der Waals surface area (Å²) in [5, 5.41) is 1.94. The number of oxazole rings is 1. The van der Waals surface area contributed by atoms with Gasteiger partial charge in [0.2, 0.25) is 5.89 Å². The lowest BCUT2D eigenvalue weighted by molar-refractivity contribution is -0.115. The minimum Gasteiger partial charge on any atom is -0.441 e. The van der Waals surface area contributed by atoms with Crippen LogP contribution >= 0.6 is 23.5 Å². The zero-order valence-corrected chi connectivity index (χ0v) is 18.0. The van der Waals surface area contributed by atoms with Gasteiger partial charge in [-0.2, -0.15) is 0 Å². The molecule has 1 aromatic heterocycles. The van der Waals surface area contributed by atoms with Crippen LogP contribution in [0.25, 0.3) is 17.5 Å². The Bertz CT molecular complexity index is 1090. The van der Waals surface area contributed by atoms with Crippen molar-refractivity contribution < 1.29 is 14.0 Å². The van der Waals surface area contributed by atoms with Gasteiger partial charge in [-0.15, -0.1) is 11.8 Å². The fourth-order valence-corrected chi connectivity index (χ4v) is 4.56. The van der Waals surface area contributed by atoms with Gasteiger partial charge in [0.05, 0.1) is 10.6 Å². The van der Waals surface area contributed by atoms with Gasteiger partial charge in [0, 0.05) is 10.5 Å². The molecule has 5 nitrogen and oxygen atoms in total. The summed E-state index contributed by atoms with van der Waals surface area (Å²) >= 11 is 2.71. The molecule has 0 bridgehead atoms. The average Bonchev–Trinajstić information content (AvgIpc) is 3.28. The highest BCUT2D eigenvalue weighted by Gasteiger charge is 2.24.